The van der Waals surface area contributed by atoms with Gasteiger partial charge in [0, 0.05) is 18.2 Å². The van der Waals surface area contributed by atoms with Crippen LogP contribution in [0.5, 0.6) is 0 Å². The van der Waals surface area contributed by atoms with Gasteiger partial charge in [-0.3, -0.25) is 14.9 Å². The highest BCUT2D eigenvalue weighted by atomic mass is 32.1. The van der Waals surface area contributed by atoms with Gasteiger partial charge in [0.05, 0.1) is 0 Å². The van der Waals surface area contributed by atoms with Gasteiger partial charge in [0.1, 0.15) is 16.5 Å². The Morgan fingerprint density at radius 3 is 2.81 bits per heavy atom. The van der Waals surface area contributed by atoms with Gasteiger partial charge in [0.2, 0.25) is 10.6 Å². The molecule has 0 aliphatic rings. The Balaban J connectivity index is 1.89. The molecular formula is C18H18FN5O2S. The van der Waals surface area contributed by atoms with Gasteiger partial charge in [0.25, 0.3) is 5.91 Å². The molecule has 3 aromatic rings. The van der Waals surface area contributed by atoms with Crippen molar-refractivity contribution in [2.75, 3.05) is 5.32 Å². The number of carbonyl (C=O) groups is 1. The van der Waals surface area contributed by atoms with Gasteiger partial charge in [-0.15, -0.1) is 10.2 Å². The number of halogens is 1. The van der Waals surface area contributed by atoms with E-state index in [0.29, 0.717) is 10.8 Å². The van der Waals surface area contributed by atoms with Crippen LogP contribution in [-0.2, 0) is 6.42 Å². The molecular weight excluding hydrogens is 369 g/mol. The van der Waals surface area contributed by atoms with Crippen LogP contribution in [-0.4, -0.2) is 25.9 Å². The molecule has 1 amide bonds. The van der Waals surface area contributed by atoms with Crippen molar-refractivity contribution < 1.29 is 9.18 Å². The standard InChI is InChI=1S/C18H18FN5O2S/c1-3-4-9-15-21-22-18(27-15)20-17(26)16-14(25)10-11(2)24(23-16)13-8-6-5-7-12(13)19/h5-8,10H,3-4,9H2,1-2H3,(H,20,22,26). The summed E-state index contributed by atoms with van der Waals surface area (Å²) in [7, 11) is 0. The first kappa shape index (κ1) is 18.8. The number of hydrogen-bond acceptors (Lipinski definition) is 6. The summed E-state index contributed by atoms with van der Waals surface area (Å²) in [4.78, 5) is 24.7. The van der Waals surface area contributed by atoms with Crippen LogP contribution >= 0.6 is 11.3 Å². The van der Waals surface area contributed by atoms with Crippen molar-refractivity contribution >= 4 is 22.4 Å². The molecule has 1 aromatic carbocycles. The number of amides is 1. The van der Waals surface area contributed by atoms with E-state index in [1.807, 2.05) is 0 Å². The molecule has 9 heteroatoms. The molecule has 0 saturated carbocycles. The van der Waals surface area contributed by atoms with E-state index < -0.39 is 17.2 Å². The van der Waals surface area contributed by atoms with Crippen LogP contribution in [0.15, 0.2) is 35.1 Å². The zero-order chi connectivity index (χ0) is 19.4. The fourth-order valence-corrected chi connectivity index (χ4v) is 3.24. The average Bonchev–Trinajstić information content (AvgIpc) is 3.08. The topological polar surface area (TPSA) is 89.8 Å². The molecule has 0 aliphatic heterocycles. The summed E-state index contributed by atoms with van der Waals surface area (Å²) in [6.45, 7) is 3.70. The Kier molecular flexibility index (Phi) is 5.70. The Hall–Kier alpha value is -2.94. The Morgan fingerprint density at radius 1 is 1.30 bits per heavy atom. The first-order valence-electron chi connectivity index (χ1n) is 8.49. The molecule has 7 nitrogen and oxygen atoms in total. The lowest BCUT2D eigenvalue weighted by atomic mass is 10.2. The summed E-state index contributed by atoms with van der Waals surface area (Å²) in [5.74, 6) is -1.21. The van der Waals surface area contributed by atoms with Crippen LogP contribution in [0.25, 0.3) is 5.69 Å². The molecule has 27 heavy (non-hydrogen) atoms. The minimum absolute atomic E-state index is 0.154. The number of aromatic nitrogens is 4. The average molecular weight is 387 g/mol. The highest BCUT2D eigenvalue weighted by Crippen LogP contribution is 2.18. The number of hydrogen-bond donors (Lipinski definition) is 1. The molecule has 2 heterocycles. The second kappa shape index (κ2) is 8.17. The quantitative estimate of drug-likeness (QED) is 0.702. The third-order valence-electron chi connectivity index (χ3n) is 3.83. The second-order valence-electron chi connectivity index (χ2n) is 5.92. The van der Waals surface area contributed by atoms with E-state index >= 15 is 0 Å². The van der Waals surface area contributed by atoms with E-state index in [2.05, 4.69) is 27.5 Å². The summed E-state index contributed by atoms with van der Waals surface area (Å²) in [5, 5.41) is 15.6. The van der Waals surface area contributed by atoms with Gasteiger partial charge in [-0.25, -0.2) is 9.07 Å². The van der Waals surface area contributed by atoms with Crippen molar-refractivity contribution in [3.8, 4) is 5.69 Å². The first-order valence-corrected chi connectivity index (χ1v) is 9.31. The van der Waals surface area contributed by atoms with Crippen LogP contribution in [0.2, 0.25) is 0 Å². The number of carbonyl (C=O) groups excluding carboxylic acids is 1. The number of unbranched alkanes of at least 4 members (excludes halogenated alkanes) is 1. The minimum Gasteiger partial charge on any atom is -0.295 e. The lowest BCUT2D eigenvalue weighted by molar-refractivity contribution is 0.101. The second-order valence-corrected chi connectivity index (χ2v) is 6.98. The van der Waals surface area contributed by atoms with Gasteiger partial charge in [-0.2, -0.15) is 5.10 Å². The van der Waals surface area contributed by atoms with E-state index in [-0.39, 0.29) is 11.4 Å². The predicted molar refractivity (Wildman–Crippen MR) is 101 cm³/mol. The number of nitrogens with one attached hydrogen (secondary N) is 1. The van der Waals surface area contributed by atoms with E-state index in [0.717, 1.165) is 24.3 Å². The molecule has 0 spiro atoms. The number of anilines is 1. The third kappa shape index (κ3) is 4.25. The van der Waals surface area contributed by atoms with Crippen LogP contribution < -0.4 is 10.7 Å². The predicted octanol–water partition coefficient (Wildman–Crippen LogP) is 3.13. The summed E-state index contributed by atoms with van der Waals surface area (Å²) in [5.41, 5.74) is -0.316. The van der Waals surface area contributed by atoms with Crippen molar-refractivity contribution in [3.63, 3.8) is 0 Å². The summed E-state index contributed by atoms with van der Waals surface area (Å²) in [6, 6.07) is 7.26. The first-order chi connectivity index (χ1) is 13.0. The normalized spacial score (nSPS) is 10.8. The monoisotopic (exact) mass is 387 g/mol. The van der Waals surface area contributed by atoms with Crippen LogP contribution in [0.3, 0.4) is 0 Å². The van der Waals surface area contributed by atoms with Gasteiger partial charge < -0.3 is 0 Å². The highest BCUT2D eigenvalue weighted by molar-refractivity contribution is 7.15. The van der Waals surface area contributed by atoms with E-state index in [1.54, 1.807) is 19.1 Å². The van der Waals surface area contributed by atoms with E-state index in [1.165, 1.54) is 34.2 Å². The fraction of sp³-hybridized carbons (Fsp3) is 0.278. The lowest BCUT2D eigenvalue weighted by Gasteiger charge is -2.11. The van der Waals surface area contributed by atoms with E-state index in [9.17, 15) is 14.0 Å². The number of benzene rings is 1. The number of para-hydroxylation sites is 1. The van der Waals surface area contributed by atoms with Gasteiger partial charge in [-0.1, -0.05) is 36.8 Å². The van der Waals surface area contributed by atoms with Gasteiger partial charge in [-0.05, 0) is 25.5 Å². The summed E-state index contributed by atoms with van der Waals surface area (Å²) >= 11 is 1.26. The summed E-state index contributed by atoms with van der Waals surface area (Å²) in [6.07, 6.45) is 2.80. The Bertz CT molecular complexity index is 1030. The molecule has 3 rings (SSSR count). The highest BCUT2D eigenvalue weighted by Gasteiger charge is 2.18. The smallest absolute Gasteiger partial charge is 0.282 e. The van der Waals surface area contributed by atoms with Crippen LogP contribution in [0.4, 0.5) is 9.52 Å². The number of nitrogens with zero attached hydrogens (tertiary/aromatic N) is 4. The van der Waals surface area contributed by atoms with Crippen molar-refractivity contribution in [2.24, 2.45) is 0 Å². The zero-order valence-corrected chi connectivity index (χ0v) is 15.7. The molecule has 0 atom stereocenters. The van der Waals surface area contributed by atoms with Crippen LogP contribution in [0.1, 0.15) is 41.0 Å². The fourth-order valence-electron chi connectivity index (χ4n) is 2.46. The van der Waals surface area contributed by atoms with Crippen molar-refractivity contribution in [1.82, 2.24) is 20.0 Å². The largest absolute Gasteiger partial charge is 0.295 e. The maximum atomic E-state index is 14.1. The summed E-state index contributed by atoms with van der Waals surface area (Å²) < 4.78 is 15.3. The minimum atomic E-state index is -0.705. The SMILES string of the molecule is CCCCc1nnc(NC(=O)c2nn(-c3ccccc3F)c(C)cc2=O)s1. The lowest BCUT2D eigenvalue weighted by Crippen LogP contribution is -2.27. The van der Waals surface area contributed by atoms with Crippen molar-refractivity contribution in [1.29, 1.82) is 0 Å². The molecule has 0 saturated heterocycles. The van der Waals surface area contributed by atoms with Gasteiger partial charge >= 0.3 is 0 Å². The molecule has 140 valence electrons. The van der Waals surface area contributed by atoms with Crippen molar-refractivity contribution in [3.05, 3.63) is 62.8 Å². The molecule has 2 aromatic heterocycles. The molecule has 0 aliphatic carbocycles. The Morgan fingerprint density at radius 2 is 2.07 bits per heavy atom. The van der Waals surface area contributed by atoms with Crippen molar-refractivity contribution in [2.45, 2.75) is 33.1 Å². The maximum Gasteiger partial charge on any atom is 0.282 e. The zero-order valence-electron chi connectivity index (χ0n) is 14.9. The Labute approximate surface area is 158 Å². The number of rotatable bonds is 6. The molecule has 1 N–H and O–H groups in total. The molecule has 0 unspecified atom stereocenters. The third-order valence-corrected chi connectivity index (χ3v) is 4.73. The molecule has 0 bridgehead atoms. The van der Waals surface area contributed by atoms with E-state index in [4.69, 9.17) is 0 Å². The van der Waals surface area contributed by atoms with Crippen LogP contribution in [0, 0.1) is 12.7 Å². The molecule has 0 radical (unpaired) electrons. The molecule has 0 fully saturated rings. The number of aryl methyl sites for hydroxylation is 2. The van der Waals surface area contributed by atoms with Gasteiger partial charge in [0.15, 0.2) is 5.69 Å². The maximum absolute atomic E-state index is 14.1.